The number of hydrogen-bond acceptors (Lipinski definition) is 7. The van der Waals surface area contributed by atoms with Crippen LogP contribution in [0.15, 0.2) is 42.5 Å². The fourth-order valence-electron chi connectivity index (χ4n) is 3.43. The van der Waals surface area contributed by atoms with Gasteiger partial charge in [-0.05, 0) is 43.7 Å². The Morgan fingerprint density at radius 1 is 1.06 bits per heavy atom. The SMILES string of the molecule is CCOCc1c(-c2ccc([N+](=O)[O-])cc2)sc(N(Cc2c(F)cccc2F)C(=O)OCC)c1C(=O)O. The summed E-state index contributed by atoms with van der Waals surface area (Å²) in [5.74, 6) is -3.22. The second-order valence-corrected chi connectivity index (χ2v) is 8.32. The highest BCUT2D eigenvalue weighted by molar-refractivity contribution is 7.20. The molecule has 1 aromatic heterocycles. The van der Waals surface area contributed by atoms with Crippen molar-refractivity contribution in [1.29, 1.82) is 0 Å². The Hall–Kier alpha value is -3.90. The molecule has 36 heavy (non-hydrogen) atoms. The van der Waals surface area contributed by atoms with Crippen molar-refractivity contribution < 1.29 is 37.9 Å². The lowest BCUT2D eigenvalue weighted by Gasteiger charge is -2.22. The molecule has 0 bridgehead atoms. The Labute approximate surface area is 208 Å². The molecule has 0 aliphatic rings. The first-order chi connectivity index (χ1) is 17.2. The largest absolute Gasteiger partial charge is 0.478 e. The first-order valence-corrected chi connectivity index (χ1v) is 11.6. The number of nitrogens with zero attached hydrogens (tertiary/aromatic N) is 2. The zero-order chi connectivity index (χ0) is 26.4. The summed E-state index contributed by atoms with van der Waals surface area (Å²) in [5.41, 5.74) is -0.259. The standard InChI is InChI=1S/C24H22F2N2O7S/c1-3-34-13-17-20(23(29)30)22(36-21(17)14-8-10-15(11-9-14)28(32)33)27(24(31)35-4-2)12-16-18(25)6-5-7-19(16)26/h5-11H,3-4,12-13H2,1-2H3,(H,29,30). The third-order valence-corrected chi connectivity index (χ3v) is 6.41. The molecule has 0 saturated carbocycles. The topological polar surface area (TPSA) is 119 Å². The zero-order valence-electron chi connectivity index (χ0n) is 19.3. The Morgan fingerprint density at radius 2 is 1.69 bits per heavy atom. The van der Waals surface area contributed by atoms with Crippen molar-refractivity contribution in [2.24, 2.45) is 0 Å². The number of amides is 1. The predicted octanol–water partition coefficient (Wildman–Crippen LogP) is 6.00. The zero-order valence-corrected chi connectivity index (χ0v) is 20.1. The van der Waals surface area contributed by atoms with Crippen molar-refractivity contribution >= 4 is 34.1 Å². The maximum absolute atomic E-state index is 14.4. The van der Waals surface area contributed by atoms with Crippen LogP contribution in [0.25, 0.3) is 10.4 Å². The Morgan fingerprint density at radius 3 is 2.22 bits per heavy atom. The van der Waals surface area contributed by atoms with Crippen LogP contribution in [-0.4, -0.2) is 35.3 Å². The van der Waals surface area contributed by atoms with E-state index in [1.165, 1.54) is 37.3 Å². The quantitative estimate of drug-likeness (QED) is 0.257. The molecule has 0 unspecified atom stereocenters. The van der Waals surface area contributed by atoms with Gasteiger partial charge in [0, 0.05) is 34.7 Å². The molecule has 0 fully saturated rings. The minimum absolute atomic E-state index is 0.0656. The minimum atomic E-state index is -1.40. The van der Waals surface area contributed by atoms with Crippen LogP contribution in [0.5, 0.6) is 0 Å². The number of carboxylic acids is 1. The molecule has 190 valence electrons. The second kappa shape index (κ2) is 11.7. The minimum Gasteiger partial charge on any atom is -0.478 e. The lowest BCUT2D eigenvalue weighted by Crippen LogP contribution is -2.32. The van der Waals surface area contributed by atoms with Crippen molar-refractivity contribution in [3.05, 3.63) is 80.9 Å². The number of rotatable bonds is 10. The number of nitro groups is 1. The van der Waals surface area contributed by atoms with Gasteiger partial charge < -0.3 is 14.6 Å². The predicted molar refractivity (Wildman–Crippen MR) is 128 cm³/mol. The van der Waals surface area contributed by atoms with Crippen LogP contribution in [0.1, 0.15) is 35.3 Å². The summed E-state index contributed by atoms with van der Waals surface area (Å²) < 4.78 is 39.4. The van der Waals surface area contributed by atoms with E-state index in [0.717, 1.165) is 28.4 Å². The van der Waals surface area contributed by atoms with Crippen LogP contribution in [0.2, 0.25) is 0 Å². The van der Waals surface area contributed by atoms with Crippen LogP contribution >= 0.6 is 11.3 Å². The summed E-state index contributed by atoms with van der Waals surface area (Å²) in [6.45, 7) is 2.66. The van der Waals surface area contributed by atoms with Gasteiger partial charge in [-0.25, -0.2) is 18.4 Å². The van der Waals surface area contributed by atoms with Gasteiger partial charge >= 0.3 is 12.1 Å². The maximum atomic E-state index is 14.4. The number of carboxylic acid groups (broad SMARTS) is 1. The summed E-state index contributed by atoms with van der Waals surface area (Å²) in [4.78, 5) is 37.0. The number of anilines is 1. The molecule has 1 heterocycles. The average Bonchev–Trinajstić information content (AvgIpc) is 3.22. The van der Waals surface area contributed by atoms with Crippen molar-refractivity contribution in [2.45, 2.75) is 27.0 Å². The molecule has 0 atom stereocenters. The van der Waals surface area contributed by atoms with Crippen molar-refractivity contribution in [3.8, 4) is 10.4 Å². The van der Waals surface area contributed by atoms with Crippen LogP contribution < -0.4 is 4.90 Å². The Balaban J connectivity index is 2.24. The van der Waals surface area contributed by atoms with Gasteiger partial charge in [0.2, 0.25) is 0 Å². The molecular weight excluding hydrogens is 498 g/mol. The van der Waals surface area contributed by atoms with Crippen molar-refractivity contribution in [2.75, 3.05) is 18.1 Å². The summed E-state index contributed by atoms with van der Waals surface area (Å²) >= 11 is 0.875. The van der Waals surface area contributed by atoms with Crippen molar-refractivity contribution in [3.63, 3.8) is 0 Å². The molecule has 0 spiro atoms. The van der Waals surface area contributed by atoms with Gasteiger partial charge in [-0.2, -0.15) is 0 Å². The highest BCUT2D eigenvalue weighted by Gasteiger charge is 2.32. The highest BCUT2D eigenvalue weighted by atomic mass is 32.1. The summed E-state index contributed by atoms with van der Waals surface area (Å²) in [6, 6.07) is 8.63. The van der Waals surface area contributed by atoms with E-state index < -0.39 is 40.7 Å². The maximum Gasteiger partial charge on any atom is 0.415 e. The fourth-order valence-corrected chi connectivity index (χ4v) is 4.73. The Kier molecular flexibility index (Phi) is 8.67. The number of ether oxygens (including phenoxy) is 2. The van der Waals surface area contributed by atoms with Crippen LogP contribution in [0.3, 0.4) is 0 Å². The third-order valence-electron chi connectivity index (χ3n) is 5.10. The smallest absolute Gasteiger partial charge is 0.415 e. The molecule has 3 aromatic rings. The number of aromatic carboxylic acids is 1. The summed E-state index contributed by atoms with van der Waals surface area (Å²) in [6.07, 6.45) is -0.998. The molecule has 3 rings (SSSR count). The van der Waals surface area contributed by atoms with E-state index in [4.69, 9.17) is 9.47 Å². The lowest BCUT2D eigenvalue weighted by molar-refractivity contribution is -0.384. The molecule has 9 nitrogen and oxygen atoms in total. The number of non-ortho nitro benzene ring substituents is 1. The van der Waals surface area contributed by atoms with Crippen molar-refractivity contribution in [1.82, 2.24) is 0 Å². The van der Waals surface area contributed by atoms with Gasteiger partial charge in [0.1, 0.15) is 22.2 Å². The van der Waals surface area contributed by atoms with Gasteiger partial charge in [0.25, 0.3) is 5.69 Å². The molecule has 1 N–H and O–H groups in total. The van der Waals surface area contributed by atoms with Gasteiger partial charge in [0.15, 0.2) is 0 Å². The van der Waals surface area contributed by atoms with Crippen LogP contribution in [0, 0.1) is 21.7 Å². The van der Waals surface area contributed by atoms with Gasteiger partial charge in [-0.1, -0.05) is 6.07 Å². The van der Waals surface area contributed by atoms with E-state index in [0.29, 0.717) is 10.4 Å². The molecule has 2 aromatic carbocycles. The van der Waals surface area contributed by atoms with Gasteiger partial charge in [-0.15, -0.1) is 11.3 Å². The molecular formula is C24H22F2N2O7S. The molecule has 1 amide bonds. The summed E-state index contributed by atoms with van der Waals surface area (Å²) in [7, 11) is 0. The Bertz CT molecular complexity index is 1260. The van der Waals surface area contributed by atoms with E-state index in [-0.39, 0.29) is 41.6 Å². The second-order valence-electron chi connectivity index (χ2n) is 7.32. The van der Waals surface area contributed by atoms with E-state index in [2.05, 4.69) is 0 Å². The number of nitro benzene ring substituents is 1. The lowest BCUT2D eigenvalue weighted by atomic mass is 10.0. The number of benzene rings is 2. The van der Waals surface area contributed by atoms with Crippen LogP contribution in [-0.2, 0) is 22.6 Å². The first-order valence-electron chi connectivity index (χ1n) is 10.8. The third kappa shape index (κ3) is 5.66. The molecule has 0 radical (unpaired) electrons. The first kappa shape index (κ1) is 26.7. The van der Waals surface area contributed by atoms with E-state index in [1.54, 1.807) is 6.92 Å². The van der Waals surface area contributed by atoms with E-state index in [9.17, 15) is 33.6 Å². The highest BCUT2D eigenvalue weighted by Crippen LogP contribution is 2.44. The molecule has 12 heteroatoms. The number of carbonyl (C=O) groups is 2. The summed E-state index contributed by atoms with van der Waals surface area (Å²) in [5, 5.41) is 21.0. The van der Waals surface area contributed by atoms with Crippen LogP contribution in [0.4, 0.5) is 24.3 Å². The molecule has 0 saturated heterocycles. The number of carbonyl (C=O) groups excluding carboxylic acids is 1. The van der Waals surface area contributed by atoms with Gasteiger partial charge in [-0.3, -0.25) is 15.0 Å². The number of thiophene rings is 1. The normalized spacial score (nSPS) is 10.8. The fraction of sp³-hybridized carbons (Fsp3) is 0.250. The van der Waals surface area contributed by atoms with Gasteiger partial charge in [0.05, 0.1) is 24.7 Å². The number of hydrogen-bond donors (Lipinski definition) is 1. The van der Waals surface area contributed by atoms with E-state index >= 15 is 0 Å². The monoisotopic (exact) mass is 520 g/mol. The molecule has 0 aliphatic heterocycles. The van der Waals surface area contributed by atoms with E-state index in [1.807, 2.05) is 0 Å². The average molecular weight is 521 g/mol. The molecule has 0 aliphatic carbocycles. The number of halogens is 2.